The summed E-state index contributed by atoms with van der Waals surface area (Å²) in [5, 5.41) is 14.4. The Bertz CT molecular complexity index is 531. The minimum absolute atomic E-state index is 0.513. The first-order valence-electron chi connectivity index (χ1n) is 5.37. The Hall–Kier alpha value is -1.39. The lowest BCUT2D eigenvalue weighted by Crippen LogP contribution is -2.03. The molecular weight excluding hydrogens is 238 g/mol. The third-order valence-corrected chi connectivity index (χ3v) is 3.22. The van der Waals surface area contributed by atoms with Crippen molar-refractivity contribution < 1.29 is 5.11 Å². The van der Waals surface area contributed by atoms with E-state index in [0.717, 1.165) is 17.0 Å². The first kappa shape index (κ1) is 12.1. The molecule has 2 rings (SSSR count). The molecule has 0 saturated carbocycles. The monoisotopic (exact) mass is 251 g/mol. The van der Waals surface area contributed by atoms with E-state index in [9.17, 15) is 5.11 Å². The van der Waals surface area contributed by atoms with Crippen molar-refractivity contribution >= 4 is 11.6 Å². The Morgan fingerprint density at radius 1 is 1.35 bits per heavy atom. The molecule has 4 nitrogen and oxygen atoms in total. The van der Waals surface area contributed by atoms with Gasteiger partial charge < -0.3 is 5.11 Å². The van der Waals surface area contributed by atoms with Crippen LogP contribution in [0.5, 0.6) is 0 Å². The summed E-state index contributed by atoms with van der Waals surface area (Å²) in [5.74, 6) is 0.696. The molecule has 0 saturated heterocycles. The van der Waals surface area contributed by atoms with Gasteiger partial charge in [-0.2, -0.15) is 5.10 Å². The number of aliphatic hydroxyl groups is 1. The molecule has 2 aromatic heterocycles. The van der Waals surface area contributed by atoms with E-state index >= 15 is 0 Å². The average Bonchev–Trinajstić information content (AvgIpc) is 2.57. The van der Waals surface area contributed by atoms with E-state index in [1.807, 2.05) is 26.0 Å². The highest BCUT2D eigenvalue weighted by Crippen LogP contribution is 2.22. The predicted octanol–water partition coefficient (Wildman–Crippen LogP) is 2.59. The fourth-order valence-corrected chi connectivity index (χ4v) is 1.73. The Balaban J connectivity index is 2.43. The molecule has 2 aromatic rings. The molecule has 17 heavy (non-hydrogen) atoms. The van der Waals surface area contributed by atoms with E-state index in [0.29, 0.717) is 10.8 Å². The van der Waals surface area contributed by atoms with Crippen LogP contribution in [0, 0.1) is 13.8 Å². The quantitative estimate of drug-likeness (QED) is 0.893. The van der Waals surface area contributed by atoms with Gasteiger partial charge >= 0.3 is 0 Å². The van der Waals surface area contributed by atoms with Gasteiger partial charge in [0, 0.05) is 6.20 Å². The summed E-state index contributed by atoms with van der Waals surface area (Å²) in [6.45, 7) is 5.46. The molecule has 0 aliphatic heterocycles. The van der Waals surface area contributed by atoms with Gasteiger partial charge in [-0.15, -0.1) is 0 Å². The van der Waals surface area contributed by atoms with Gasteiger partial charge in [0.25, 0.3) is 0 Å². The predicted molar refractivity (Wildman–Crippen MR) is 66.5 cm³/mol. The molecule has 1 N–H and O–H groups in total. The summed E-state index contributed by atoms with van der Waals surface area (Å²) in [6, 6.07) is 3.65. The maximum Gasteiger partial charge on any atom is 0.153 e. The molecule has 90 valence electrons. The molecular formula is C12H14ClN3O. The summed E-state index contributed by atoms with van der Waals surface area (Å²) >= 11 is 6.08. The van der Waals surface area contributed by atoms with E-state index in [2.05, 4.69) is 10.1 Å². The van der Waals surface area contributed by atoms with Gasteiger partial charge in [0.15, 0.2) is 5.82 Å². The number of aromatic nitrogens is 3. The maximum atomic E-state index is 9.40. The zero-order valence-corrected chi connectivity index (χ0v) is 10.7. The average molecular weight is 252 g/mol. The van der Waals surface area contributed by atoms with E-state index in [-0.39, 0.29) is 0 Å². The van der Waals surface area contributed by atoms with Crippen molar-refractivity contribution in [2.75, 3.05) is 0 Å². The number of hydrogen-bond acceptors (Lipinski definition) is 3. The van der Waals surface area contributed by atoms with Gasteiger partial charge in [0.2, 0.25) is 0 Å². The van der Waals surface area contributed by atoms with E-state index in [4.69, 9.17) is 11.6 Å². The molecule has 2 heterocycles. The Morgan fingerprint density at radius 3 is 2.47 bits per heavy atom. The first-order chi connectivity index (χ1) is 8.00. The lowest BCUT2D eigenvalue weighted by atomic mass is 10.2. The summed E-state index contributed by atoms with van der Waals surface area (Å²) in [5.41, 5.74) is 2.42. The Kier molecular flexibility index (Phi) is 3.17. The van der Waals surface area contributed by atoms with E-state index < -0.39 is 6.10 Å². The fraction of sp³-hybridized carbons (Fsp3) is 0.333. The third-order valence-electron chi connectivity index (χ3n) is 2.67. The molecule has 0 aliphatic rings. The van der Waals surface area contributed by atoms with Crippen molar-refractivity contribution in [2.45, 2.75) is 26.9 Å². The van der Waals surface area contributed by atoms with Crippen LogP contribution in [0.25, 0.3) is 5.82 Å². The summed E-state index contributed by atoms with van der Waals surface area (Å²) in [6.07, 6.45) is 1.13. The SMILES string of the molecule is Cc1nn(-c2ccc([C@H](C)O)cn2)c(C)c1Cl. The number of hydrogen-bond donors (Lipinski definition) is 1. The van der Waals surface area contributed by atoms with Gasteiger partial charge in [0.1, 0.15) is 0 Å². The van der Waals surface area contributed by atoms with Crippen molar-refractivity contribution in [1.29, 1.82) is 0 Å². The minimum atomic E-state index is -0.513. The second-order valence-corrected chi connectivity index (χ2v) is 4.40. The van der Waals surface area contributed by atoms with Gasteiger partial charge in [-0.25, -0.2) is 9.67 Å². The van der Waals surface area contributed by atoms with E-state index in [1.165, 1.54) is 0 Å². The zero-order chi connectivity index (χ0) is 12.6. The van der Waals surface area contributed by atoms with Crippen LogP contribution >= 0.6 is 11.6 Å². The largest absolute Gasteiger partial charge is 0.389 e. The van der Waals surface area contributed by atoms with Crippen LogP contribution in [0.4, 0.5) is 0 Å². The first-order valence-corrected chi connectivity index (χ1v) is 5.74. The third kappa shape index (κ3) is 2.18. The normalized spacial score (nSPS) is 12.8. The van der Waals surface area contributed by atoms with Crippen LogP contribution < -0.4 is 0 Å². The van der Waals surface area contributed by atoms with Crippen LogP contribution in [-0.4, -0.2) is 19.9 Å². The van der Waals surface area contributed by atoms with Crippen molar-refractivity contribution in [1.82, 2.24) is 14.8 Å². The number of nitrogens with zero attached hydrogens (tertiary/aromatic N) is 3. The maximum absolute atomic E-state index is 9.40. The number of pyridine rings is 1. The highest BCUT2D eigenvalue weighted by Gasteiger charge is 2.11. The molecule has 0 bridgehead atoms. The topological polar surface area (TPSA) is 50.9 Å². The van der Waals surface area contributed by atoms with Gasteiger partial charge in [-0.05, 0) is 32.4 Å². The van der Waals surface area contributed by atoms with Crippen LogP contribution in [0.15, 0.2) is 18.3 Å². The van der Waals surface area contributed by atoms with Gasteiger partial charge in [0.05, 0.1) is 22.5 Å². The molecule has 0 unspecified atom stereocenters. The van der Waals surface area contributed by atoms with Crippen molar-refractivity contribution in [3.05, 3.63) is 40.3 Å². The molecule has 0 amide bonds. The molecule has 1 atom stereocenters. The Morgan fingerprint density at radius 2 is 2.06 bits per heavy atom. The molecule has 0 aliphatic carbocycles. The highest BCUT2D eigenvalue weighted by atomic mass is 35.5. The fourth-order valence-electron chi connectivity index (χ4n) is 1.62. The lowest BCUT2D eigenvalue weighted by molar-refractivity contribution is 0.199. The van der Waals surface area contributed by atoms with Crippen molar-refractivity contribution in [3.8, 4) is 5.82 Å². The Labute approximate surface area is 105 Å². The number of aryl methyl sites for hydroxylation is 1. The molecule has 5 heteroatoms. The van der Waals surface area contributed by atoms with Crippen LogP contribution in [-0.2, 0) is 0 Å². The van der Waals surface area contributed by atoms with E-state index in [1.54, 1.807) is 17.8 Å². The molecule has 0 aromatic carbocycles. The second kappa shape index (κ2) is 4.47. The van der Waals surface area contributed by atoms with Gasteiger partial charge in [-0.3, -0.25) is 0 Å². The number of rotatable bonds is 2. The van der Waals surface area contributed by atoms with Gasteiger partial charge in [-0.1, -0.05) is 17.7 Å². The smallest absolute Gasteiger partial charge is 0.153 e. The lowest BCUT2D eigenvalue weighted by Gasteiger charge is -2.06. The van der Waals surface area contributed by atoms with Crippen LogP contribution in [0.1, 0.15) is 30.0 Å². The number of halogens is 1. The minimum Gasteiger partial charge on any atom is -0.389 e. The molecule has 0 spiro atoms. The number of aliphatic hydroxyl groups excluding tert-OH is 1. The molecule has 0 radical (unpaired) electrons. The van der Waals surface area contributed by atoms with Crippen molar-refractivity contribution in [3.63, 3.8) is 0 Å². The molecule has 0 fully saturated rings. The van der Waals surface area contributed by atoms with Crippen LogP contribution in [0.3, 0.4) is 0 Å². The zero-order valence-electron chi connectivity index (χ0n) is 9.98. The second-order valence-electron chi connectivity index (χ2n) is 4.02. The summed E-state index contributed by atoms with van der Waals surface area (Å²) in [4.78, 5) is 4.27. The van der Waals surface area contributed by atoms with Crippen molar-refractivity contribution in [2.24, 2.45) is 0 Å². The summed E-state index contributed by atoms with van der Waals surface area (Å²) in [7, 11) is 0. The standard InChI is InChI=1S/C12H14ClN3O/c1-7-12(13)8(2)16(15-7)11-5-4-10(6-14-11)9(3)17/h4-6,9,17H,1-3H3/t9-/m0/s1. The summed E-state index contributed by atoms with van der Waals surface area (Å²) < 4.78 is 1.70. The van der Waals surface area contributed by atoms with Crippen LogP contribution in [0.2, 0.25) is 5.02 Å². The highest BCUT2D eigenvalue weighted by molar-refractivity contribution is 6.31.